The number of nitrogens with one attached hydrogen (secondary N) is 1. The number of fused-ring (bicyclic) bond motifs is 1. The molecule has 0 unspecified atom stereocenters. The number of alkyl halides is 3. The lowest BCUT2D eigenvalue weighted by atomic mass is 9.78. The molecule has 3 aromatic carbocycles. The number of halogens is 3. The van der Waals surface area contributed by atoms with E-state index in [-0.39, 0.29) is 29.4 Å². The third-order valence-corrected chi connectivity index (χ3v) is 7.04. The van der Waals surface area contributed by atoms with Gasteiger partial charge in [-0.3, -0.25) is 14.5 Å². The van der Waals surface area contributed by atoms with Gasteiger partial charge in [-0.05, 0) is 54.8 Å². The minimum absolute atomic E-state index is 0.0362. The number of hydrogen-bond donors (Lipinski definition) is 1. The molecule has 1 heterocycles. The van der Waals surface area contributed by atoms with E-state index in [0.29, 0.717) is 46.4 Å². The van der Waals surface area contributed by atoms with Crippen LogP contribution in [0.2, 0.25) is 0 Å². The summed E-state index contributed by atoms with van der Waals surface area (Å²) in [5.74, 6) is -1.50. The highest BCUT2D eigenvalue weighted by Crippen LogP contribution is 2.49. The number of anilines is 2. The van der Waals surface area contributed by atoms with Crippen LogP contribution in [0.3, 0.4) is 0 Å². The van der Waals surface area contributed by atoms with Gasteiger partial charge in [-0.15, -0.1) is 0 Å². The summed E-state index contributed by atoms with van der Waals surface area (Å²) >= 11 is 0. The van der Waals surface area contributed by atoms with E-state index in [1.807, 2.05) is 31.2 Å². The number of ketones is 1. The zero-order valence-electron chi connectivity index (χ0n) is 21.4. The molecule has 1 aliphatic carbocycles. The van der Waals surface area contributed by atoms with E-state index >= 15 is 0 Å². The second-order valence-electron chi connectivity index (χ2n) is 9.38. The Morgan fingerprint density at radius 2 is 1.69 bits per heavy atom. The predicted octanol–water partition coefficient (Wildman–Crippen LogP) is 6.56. The van der Waals surface area contributed by atoms with Crippen molar-refractivity contribution < 1.29 is 32.2 Å². The Hall–Kier alpha value is -4.27. The van der Waals surface area contributed by atoms with Gasteiger partial charge in [0.2, 0.25) is 0 Å². The molecule has 0 aromatic heterocycles. The number of hydrogen-bond acceptors (Lipinski definition) is 5. The number of para-hydroxylation sites is 3. The van der Waals surface area contributed by atoms with Crippen molar-refractivity contribution in [3.63, 3.8) is 0 Å². The molecular formula is C30H27F3N2O4. The summed E-state index contributed by atoms with van der Waals surface area (Å²) in [6.45, 7) is 2.32. The Balaban J connectivity index is 1.71. The molecule has 0 radical (unpaired) electrons. The van der Waals surface area contributed by atoms with Crippen LogP contribution in [-0.2, 0) is 9.59 Å². The van der Waals surface area contributed by atoms with E-state index in [1.165, 1.54) is 13.2 Å². The molecule has 6 nitrogen and oxygen atoms in total. The number of benzene rings is 3. The van der Waals surface area contributed by atoms with Crippen LogP contribution in [0.15, 0.2) is 84.1 Å². The first-order chi connectivity index (χ1) is 18.7. The molecule has 0 bridgehead atoms. The van der Waals surface area contributed by atoms with Crippen molar-refractivity contribution in [2.45, 2.75) is 37.9 Å². The Morgan fingerprint density at radius 1 is 1.00 bits per heavy atom. The number of Topliss-reactive ketones (excluding diaryl/α,β-unsaturated/α-hetero) is 1. The highest BCUT2D eigenvalue weighted by atomic mass is 19.4. The van der Waals surface area contributed by atoms with E-state index in [0.717, 1.165) is 5.56 Å². The van der Waals surface area contributed by atoms with Crippen LogP contribution in [0.25, 0.3) is 0 Å². The second-order valence-corrected chi connectivity index (χ2v) is 9.38. The number of amides is 1. The molecule has 1 aliphatic heterocycles. The lowest BCUT2D eigenvalue weighted by Crippen LogP contribution is -2.45. The molecule has 5 rings (SSSR count). The maximum absolute atomic E-state index is 14.0. The number of ether oxygens (including phenoxy) is 2. The van der Waals surface area contributed by atoms with Gasteiger partial charge in [0.15, 0.2) is 5.78 Å². The lowest BCUT2D eigenvalue weighted by Gasteiger charge is -2.35. The normalized spacial score (nSPS) is 19.0. The Labute approximate surface area is 224 Å². The summed E-state index contributed by atoms with van der Waals surface area (Å²) in [6.07, 6.45) is -4.76. The van der Waals surface area contributed by atoms with Crippen molar-refractivity contribution in [3.05, 3.63) is 95.2 Å². The number of allylic oxidation sites excluding steroid dienone is 1. The average molecular weight is 537 g/mol. The highest BCUT2D eigenvalue weighted by molar-refractivity contribution is 6.07. The molecule has 0 fully saturated rings. The molecule has 2 atom stereocenters. The van der Waals surface area contributed by atoms with Gasteiger partial charge in [-0.2, -0.15) is 13.2 Å². The predicted molar refractivity (Wildman–Crippen MR) is 141 cm³/mol. The fraction of sp³-hybridized carbons (Fsp3) is 0.267. The van der Waals surface area contributed by atoms with Gasteiger partial charge in [0.1, 0.15) is 11.5 Å². The monoisotopic (exact) mass is 536 g/mol. The molecule has 39 heavy (non-hydrogen) atoms. The van der Waals surface area contributed by atoms with Gasteiger partial charge >= 0.3 is 12.1 Å². The molecule has 1 N–H and O–H groups in total. The zero-order valence-corrected chi connectivity index (χ0v) is 21.4. The average Bonchev–Trinajstić information content (AvgIpc) is 3.07. The Morgan fingerprint density at radius 3 is 2.38 bits per heavy atom. The van der Waals surface area contributed by atoms with Gasteiger partial charge in [0.25, 0.3) is 0 Å². The largest absolute Gasteiger partial charge is 0.497 e. The molecule has 0 saturated carbocycles. The summed E-state index contributed by atoms with van der Waals surface area (Å²) in [4.78, 5) is 27.6. The fourth-order valence-electron chi connectivity index (χ4n) is 5.38. The Kier molecular flexibility index (Phi) is 7.08. The third-order valence-electron chi connectivity index (χ3n) is 7.04. The van der Waals surface area contributed by atoms with Gasteiger partial charge in [-0.1, -0.05) is 42.5 Å². The molecule has 202 valence electrons. The number of carbonyl (C=O) groups excluding carboxylic acids is 2. The van der Waals surface area contributed by atoms with Crippen LogP contribution >= 0.6 is 0 Å². The van der Waals surface area contributed by atoms with Crippen molar-refractivity contribution in [2.24, 2.45) is 0 Å². The molecular weight excluding hydrogens is 509 g/mol. The first-order valence-corrected chi connectivity index (χ1v) is 12.6. The van der Waals surface area contributed by atoms with Gasteiger partial charge in [0, 0.05) is 23.6 Å². The van der Waals surface area contributed by atoms with E-state index in [9.17, 15) is 22.8 Å². The smallest absolute Gasteiger partial charge is 0.471 e. The quantitative estimate of drug-likeness (QED) is 0.400. The molecule has 2 aliphatic rings. The summed E-state index contributed by atoms with van der Waals surface area (Å²) in [5, 5.41) is 3.23. The molecule has 9 heteroatoms. The molecule has 0 spiro atoms. The van der Waals surface area contributed by atoms with Gasteiger partial charge in [0.05, 0.1) is 31.1 Å². The second kappa shape index (κ2) is 10.5. The Bertz CT molecular complexity index is 1430. The third kappa shape index (κ3) is 4.96. The lowest BCUT2D eigenvalue weighted by molar-refractivity contribution is -0.170. The van der Waals surface area contributed by atoms with E-state index in [2.05, 4.69) is 5.32 Å². The summed E-state index contributed by atoms with van der Waals surface area (Å²) < 4.78 is 53.2. The van der Waals surface area contributed by atoms with Crippen molar-refractivity contribution in [2.75, 3.05) is 23.9 Å². The first kappa shape index (κ1) is 26.3. The van der Waals surface area contributed by atoms with Crippen molar-refractivity contribution >= 4 is 23.1 Å². The van der Waals surface area contributed by atoms with E-state index in [4.69, 9.17) is 9.47 Å². The van der Waals surface area contributed by atoms with Crippen molar-refractivity contribution in [1.82, 2.24) is 0 Å². The maximum Gasteiger partial charge on any atom is 0.471 e. The summed E-state index contributed by atoms with van der Waals surface area (Å²) in [6, 6.07) is 18.8. The number of carbonyl (C=O) groups is 2. The van der Waals surface area contributed by atoms with Crippen LogP contribution in [-0.4, -0.2) is 31.6 Å². The minimum atomic E-state index is -5.17. The summed E-state index contributed by atoms with van der Waals surface area (Å²) in [7, 11) is 1.48. The molecule has 3 aromatic rings. The number of rotatable bonds is 5. The van der Waals surface area contributed by atoms with Crippen molar-refractivity contribution in [3.8, 4) is 11.5 Å². The number of nitrogens with zero attached hydrogens (tertiary/aromatic N) is 1. The van der Waals surface area contributed by atoms with Crippen LogP contribution in [0, 0.1) is 0 Å². The standard InChI is InChI=1S/C30H27F3N2O4/c1-3-39-26-11-7-4-8-21(26)19-16-23-27(25(36)17-19)28(18-12-14-20(38-2)15-13-18)35(29(37)30(31,32)33)24-10-6-5-9-22(24)34-23/h4-15,19,28,34H,3,16-17H2,1-2H3/t19-,28+/m0/s1. The summed E-state index contributed by atoms with van der Waals surface area (Å²) in [5.41, 5.74) is 2.18. The SMILES string of the molecule is CCOc1ccccc1[C@@H]1CC(=O)C2=C(C1)Nc1ccccc1N(C(=O)C(F)(F)F)[C@@H]2c1ccc(OC)cc1. The minimum Gasteiger partial charge on any atom is -0.497 e. The van der Waals surface area contributed by atoms with E-state index < -0.39 is 18.1 Å². The maximum atomic E-state index is 14.0. The van der Waals surface area contributed by atoms with Crippen LogP contribution in [0.1, 0.15) is 42.9 Å². The van der Waals surface area contributed by atoms with Crippen LogP contribution < -0.4 is 19.7 Å². The first-order valence-electron chi connectivity index (χ1n) is 12.6. The molecule has 0 saturated heterocycles. The van der Waals surface area contributed by atoms with Gasteiger partial charge in [-0.25, -0.2) is 0 Å². The topological polar surface area (TPSA) is 67.9 Å². The van der Waals surface area contributed by atoms with Crippen LogP contribution in [0.5, 0.6) is 11.5 Å². The number of methoxy groups -OCH3 is 1. The molecule has 1 amide bonds. The van der Waals surface area contributed by atoms with Crippen molar-refractivity contribution in [1.29, 1.82) is 0 Å². The highest BCUT2D eigenvalue weighted by Gasteiger charge is 2.50. The zero-order chi connectivity index (χ0) is 27.7. The van der Waals surface area contributed by atoms with E-state index in [1.54, 1.807) is 42.5 Å². The van der Waals surface area contributed by atoms with Crippen LogP contribution in [0.4, 0.5) is 24.5 Å². The van der Waals surface area contributed by atoms with Gasteiger partial charge < -0.3 is 14.8 Å². The fourth-order valence-corrected chi connectivity index (χ4v) is 5.38.